The van der Waals surface area contributed by atoms with Crippen LogP contribution in [-0.4, -0.2) is 24.6 Å². The predicted molar refractivity (Wildman–Crippen MR) is 116 cm³/mol. The zero-order valence-electron chi connectivity index (χ0n) is 16.7. The number of hydrogen-bond donors (Lipinski definition) is 2. The lowest BCUT2D eigenvalue weighted by atomic mass is 10.1. The lowest BCUT2D eigenvalue weighted by Crippen LogP contribution is -2.35. The molecule has 3 rings (SSSR count). The van der Waals surface area contributed by atoms with Crippen LogP contribution in [0.25, 0.3) is 0 Å². The number of nitrogens with one attached hydrogen (secondary N) is 2. The van der Waals surface area contributed by atoms with E-state index in [1.807, 2.05) is 73.7 Å². The summed E-state index contributed by atoms with van der Waals surface area (Å²) in [6.45, 7) is 2.19. The Morgan fingerprint density at radius 3 is 2.37 bits per heavy atom. The van der Waals surface area contributed by atoms with Crippen molar-refractivity contribution in [3.8, 4) is 5.75 Å². The second-order valence-corrected chi connectivity index (χ2v) is 6.63. The summed E-state index contributed by atoms with van der Waals surface area (Å²) in [7, 11) is 0. The van der Waals surface area contributed by atoms with Crippen molar-refractivity contribution in [3.05, 3.63) is 101 Å². The summed E-state index contributed by atoms with van der Waals surface area (Å²) in [6, 6.07) is 24.5. The second kappa shape index (κ2) is 10.6. The van der Waals surface area contributed by atoms with Crippen LogP contribution >= 0.6 is 0 Å². The van der Waals surface area contributed by atoms with Crippen molar-refractivity contribution in [2.24, 2.45) is 5.10 Å². The van der Waals surface area contributed by atoms with Gasteiger partial charge in [0.05, 0.1) is 12.8 Å². The maximum Gasteiger partial charge on any atom is 0.259 e. The van der Waals surface area contributed by atoms with Gasteiger partial charge in [0.1, 0.15) is 12.4 Å². The zero-order valence-corrected chi connectivity index (χ0v) is 16.7. The van der Waals surface area contributed by atoms with Crippen molar-refractivity contribution in [3.63, 3.8) is 0 Å². The maximum absolute atomic E-state index is 12.1. The number of hydrazone groups is 1. The normalized spacial score (nSPS) is 10.6. The summed E-state index contributed by atoms with van der Waals surface area (Å²) < 4.78 is 5.73. The molecule has 2 amide bonds. The first-order valence-corrected chi connectivity index (χ1v) is 9.54. The van der Waals surface area contributed by atoms with Crippen LogP contribution in [0, 0.1) is 6.92 Å². The molecular weight excluding hydrogens is 378 g/mol. The first-order chi connectivity index (χ1) is 14.6. The first-order valence-electron chi connectivity index (χ1n) is 9.54. The van der Waals surface area contributed by atoms with E-state index in [2.05, 4.69) is 15.8 Å². The summed E-state index contributed by atoms with van der Waals surface area (Å²) in [5.74, 6) is 0.0493. The fourth-order valence-electron chi connectivity index (χ4n) is 2.69. The van der Waals surface area contributed by atoms with Crippen molar-refractivity contribution >= 4 is 18.0 Å². The van der Waals surface area contributed by atoms with Crippen LogP contribution in [0.5, 0.6) is 5.75 Å². The molecule has 2 N–H and O–H groups in total. The van der Waals surface area contributed by atoms with E-state index >= 15 is 0 Å². The average molecular weight is 401 g/mol. The van der Waals surface area contributed by atoms with Crippen LogP contribution in [0.15, 0.2) is 84.0 Å². The highest BCUT2D eigenvalue weighted by Gasteiger charge is 2.09. The molecule has 0 heterocycles. The second-order valence-electron chi connectivity index (χ2n) is 6.63. The molecule has 0 aliphatic carbocycles. The molecule has 6 heteroatoms. The quantitative estimate of drug-likeness (QED) is 0.448. The minimum absolute atomic E-state index is 0.156. The first kappa shape index (κ1) is 20.8. The number of ether oxygens (including phenoxy) is 1. The molecule has 0 aliphatic rings. The van der Waals surface area contributed by atoms with Gasteiger partial charge in [-0.3, -0.25) is 9.59 Å². The SMILES string of the molecule is Cc1ccccc1C(=O)NCC(=O)N/N=C/c1ccc(OCc2ccccc2)cc1. The fourth-order valence-corrected chi connectivity index (χ4v) is 2.69. The third kappa shape index (κ3) is 6.31. The largest absolute Gasteiger partial charge is 0.489 e. The van der Waals surface area contributed by atoms with E-state index in [0.29, 0.717) is 12.2 Å². The summed E-state index contributed by atoms with van der Waals surface area (Å²) in [6.07, 6.45) is 1.53. The van der Waals surface area contributed by atoms with Gasteiger partial charge in [0.15, 0.2) is 0 Å². The van der Waals surface area contributed by atoms with E-state index in [0.717, 1.165) is 22.4 Å². The highest BCUT2D eigenvalue weighted by molar-refractivity contribution is 5.97. The van der Waals surface area contributed by atoms with E-state index < -0.39 is 5.91 Å². The number of nitrogens with zero attached hydrogens (tertiary/aromatic N) is 1. The molecule has 0 bridgehead atoms. The number of carbonyl (C=O) groups excluding carboxylic acids is 2. The Morgan fingerprint density at radius 1 is 0.933 bits per heavy atom. The molecule has 30 heavy (non-hydrogen) atoms. The summed E-state index contributed by atoms with van der Waals surface area (Å²) in [5.41, 5.74) is 5.70. The van der Waals surface area contributed by atoms with Gasteiger partial charge in [0, 0.05) is 5.56 Å². The molecule has 3 aromatic rings. The van der Waals surface area contributed by atoms with Crippen LogP contribution in [0.4, 0.5) is 0 Å². The van der Waals surface area contributed by atoms with E-state index in [4.69, 9.17) is 4.74 Å². The molecule has 6 nitrogen and oxygen atoms in total. The molecule has 0 atom stereocenters. The summed E-state index contributed by atoms with van der Waals surface area (Å²) in [5, 5.41) is 6.50. The lowest BCUT2D eigenvalue weighted by Gasteiger charge is -2.07. The molecule has 0 spiro atoms. The zero-order chi connectivity index (χ0) is 21.2. The van der Waals surface area contributed by atoms with Gasteiger partial charge in [-0.05, 0) is 53.9 Å². The molecule has 0 fully saturated rings. The minimum Gasteiger partial charge on any atom is -0.489 e. The summed E-state index contributed by atoms with van der Waals surface area (Å²) >= 11 is 0. The minimum atomic E-state index is -0.406. The van der Waals surface area contributed by atoms with E-state index in [1.54, 1.807) is 12.1 Å². The monoisotopic (exact) mass is 401 g/mol. The Bertz CT molecular complexity index is 1020. The highest BCUT2D eigenvalue weighted by Crippen LogP contribution is 2.13. The molecule has 0 aromatic heterocycles. The number of hydrogen-bond acceptors (Lipinski definition) is 4. The van der Waals surface area contributed by atoms with Crippen molar-refractivity contribution < 1.29 is 14.3 Å². The van der Waals surface area contributed by atoms with Gasteiger partial charge in [-0.15, -0.1) is 0 Å². The highest BCUT2D eigenvalue weighted by atomic mass is 16.5. The Balaban J connectivity index is 1.41. The van der Waals surface area contributed by atoms with Crippen molar-refractivity contribution in [2.75, 3.05) is 6.54 Å². The molecule has 0 aliphatic heterocycles. The average Bonchev–Trinajstić information content (AvgIpc) is 2.78. The van der Waals surface area contributed by atoms with Gasteiger partial charge in [-0.1, -0.05) is 48.5 Å². The number of amides is 2. The molecule has 0 saturated carbocycles. The van der Waals surface area contributed by atoms with Crippen molar-refractivity contribution in [2.45, 2.75) is 13.5 Å². The van der Waals surface area contributed by atoms with Crippen LogP contribution < -0.4 is 15.5 Å². The van der Waals surface area contributed by atoms with E-state index in [9.17, 15) is 9.59 Å². The third-order valence-electron chi connectivity index (χ3n) is 4.33. The predicted octanol–water partition coefficient (Wildman–Crippen LogP) is 3.45. The number of benzene rings is 3. The van der Waals surface area contributed by atoms with Crippen molar-refractivity contribution in [1.29, 1.82) is 0 Å². The van der Waals surface area contributed by atoms with Crippen LogP contribution in [-0.2, 0) is 11.4 Å². The topological polar surface area (TPSA) is 79.8 Å². The molecule has 0 saturated heterocycles. The van der Waals surface area contributed by atoms with Gasteiger partial charge in [-0.2, -0.15) is 5.10 Å². The number of aryl methyl sites for hydroxylation is 1. The smallest absolute Gasteiger partial charge is 0.259 e. The fraction of sp³-hybridized carbons (Fsp3) is 0.125. The van der Waals surface area contributed by atoms with Crippen molar-refractivity contribution in [1.82, 2.24) is 10.7 Å². The van der Waals surface area contributed by atoms with Gasteiger partial charge in [0.25, 0.3) is 11.8 Å². The van der Waals surface area contributed by atoms with Gasteiger partial charge >= 0.3 is 0 Å². The summed E-state index contributed by atoms with van der Waals surface area (Å²) in [4.78, 5) is 24.0. The standard InChI is InChI=1S/C24H23N3O3/c1-18-7-5-6-10-22(18)24(29)25-16-23(28)27-26-15-19-11-13-21(14-12-19)30-17-20-8-3-2-4-9-20/h2-15H,16-17H2,1H3,(H,25,29)(H,27,28)/b26-15+. The Kier molecular flexibility index (Phi) is 7.33. The maximum atomic E-state index is 12.1. The molecular formula is C24H23N3O3. The van der Waals surface area contributed by atoms with Gasteiger partial charge < -0.3 is 10.1 Å². The van der Waals surface area contributed by atoms with E-state index in [-0.39, 0.29) is 12.5 Å². The van der Waals surface area contributed by atoms with Gasteiger partial charge in [-0.25, -0.2) is 5.43 Å². The Morgan fingerprint density at radius 2 is 1.63 bits per heavy atom. The molecule has 0 radical (unpaired) electrons. The Hall–Kier alpha value is -3.93. The molecule has 152 valence electrons. The number of rotatable bonds is 8. The third-order valence-corrected chi connectivity index (χ3v) is 4.33. The van der Waals surface area contributed by atoms with Crippen LogP contribution in [0.1, 0.15) is 27.0 Å². The lowest BCUT2D eigenvalue weighted by molar-refractivity contribution is -0.120. The molecule has 0 unspecified atom stereocenters. The van der Waals surface area contributed by atoms with Gasteiger partial charge in [0.2, 0.25) is 0 Å². The van der Waals surface area contributed by atoms with Crippen LogP contribution in [0.3, 0.4) is 0 Å². The van der Waals surface area contributed by atoms with Crippen LogP contribution in [0.2, 0.25) is 0 Å². The molecule has 3 aromatic carbocycles. The number of carbonyl (C=O) groups is 2. The van der Waals surface area contributed by atoms with E-state index in [1.165, 1.54) is 6.21 Å². The Labute approximate surface area is 175 Å².